The Morgan fingerprint density at radius 1 is 1.19 bits per heavy atom. The topological polar surface area (TPSA) is 59.5 Å². The molecule has 0 amide bonds. The van der Waals surface area contributed by atoms with Crippen LogP contribution in [0.15, 0.2) is 36.5 Å². The lowest BCUT2D eigenvalue weighted by atomic mass is 10.0. The Morgan fingerprint density at radius 3 is 2.89 bits per heavy atom. The minimum absolute atomic E-state index is 0.413. The summed E-state index contributed by atoms with van der Waals surface area (Å²) < 4.78 is 11.8. The smallest absolute Gasteiger partial charge is 0.165 e. The van der Waals surface area contributed by atoms with Crippen LogP contribution in [0.4, 0.5) is 5.82 Å². The van der Waals surface area contributed by atoms with Crippen LogP contribution < -0.4 is 19.7 Å². The molecule has 0 aliphatic carbocycles. The number of rotatable bonds is 9. The van der Waals surface area contributed by atoms with Crippen molar-refractivity contribution in [3.05, 3.63) is 42.1 Å². The molecule has 1 aromatic carbocycles. The van der Waals surface area contributed by atoms with Gasteiger partial charge in [0, 0.05) is 37.4 Å². The molecule has 1 atom stereocenters. The number of nitrogens with zero attached hydrogens (tertiary/aromatic N) is 3. The highest BCUT2D eigenvalue weighted by Crippen LogP contribution is 2.32. The molecule has 1 saturated heterocycles. The van der Waals surface area contributed by atoms with Gasteiger partial charge in [-0.15, -0.1) is 5.10 Å². The lowest BCUT2D eigenvalue weighted by molar-refractivity contribution is 0.273. The molecule has 0 spiro atoms. The Hall–Kier alpha value is -2.34. The Labute approximate surface area is 161 Å². The largest absolute Gasteiger partial charge is 0.490 e. The summed E-state index contributed by atoms with van der Waals surface area (Å²) in [5, 5.41) is 11.9. The molecule has 3 rings (SSSR count). The number of hydrogen-bond acceptors (Lipinski definition) is 6. The summed E-state index contributed by atoms with van der Waals surface area (Å²) in [6.07, 6.45) is 4.99. The van der Waals surface area contributed by atoms with Gasteiger partial charge in [0.1, 0.15) is 0 Å². The number of para-hydroxylation sites is 1. The van der Waals surface area contributed by atoms with Gasteiger partial charge in [0.15, 0.2) is 17.3 Å². The van der Waals surface area contributed by atoms with E-state index < -0.39 is 0 Å². The maximum Gasteiger partial charge on any atom is 0.165 e. The molecule has 1 unspecified atom stereocenters. The minimum Gasteiger partial charge on any atom is -0.490 e. The molecule has 1 N–H and O–H groups in total. The molecular weight excluding hydrogens is 340 g/mol. The van der Waals surface area contributed by atoms with Gasteiger partial charge in [-0.2, -0.15) is 5.10 Å². The number of nitrogens with one attached hydrogen (secondary N) is 1. The minimum atomic E-state index is 0.413. The zero-order valence-electron chi connectivity index (χ0n) is 16.4. The van der Waals surface area contributed by atoms with Crippen LogP contribution in [0.5, 0.6) is 11.5 Å². The van der Waals surface area contributed by atoms with Crippen LogP contribution in [-0.2, 0) is 6.54 Å². The van der Waals surface area contributed by atoms with Gasteiger partial charge in [0.2, 0.25) is 0 Å². The molecule has 1 aliphatic heterocycles. The molecule has 2 aromatic rings. The third-order valence-electron chi connectivity index (χ3n) is 4.70. The van der Waals surface area contributed by atoms with E-state index in [4.69, 9.17) is 9.47 Å². The van der Waals surface area contributed by atoms with Crippen molar-refractivity contribution in [1.29, 1.82) is 0 Å². The van der Waals surface area contributed by atoms with Crippen molar-refractivity contribution in [2.24, 2.45) is 0 Å². The zero-order valence-corrected chi connectivity index (χ0v) is 16.4. The van der Waals surface area contributed by atoms with Crippen molar-refractivity contribution < 1.29 is 9.47 Å². The molecule has 0 radical (unpaired) electrons. The summed E-state index contributed by atoms with van der Waals surface area (Å²) in [5.74, 6) is 2.65. The molecule has 0 saturated carbocycles. The van der Waals surface area contributed by atoms with Crippen LogP contribution >= 0.6 is 0 Å². The third-order valence-corrected chi connectivity index (χ3v) is 4.70. The summed E-state index contributed by atoms with van der Waals surface area (Å²) in [5.41, 5.74) is 1.14. The average molecular weight is 370 g/mol. The second-order valence-electron chi connectivity index (χ2n) is 6.77. The number of piperidine rings is 1. The SMILES string of the molecule is CCCOc1c(CNC2CCCN(c3cccnn3)C2)cccc1OCC. The molecule has 2 heterocycles. The Kier molecular flexibility index (Phi) is 7.27. The van der Waals surface area contributed by atoms with E-state index in [1.807, 2.05) is 31.2 Å². The van der Waals surface area contributed by atoms with E-state index in [1.165, 1.54) is 0 Å². The molecule has 27 heavy (non-hydrogen) atoms. The van der Waals surface area contributed by atoms with Gasteiger partial charge >= 0.3 is 0 Å². The number of anilines is 1. The predicted octanol–water partition coefficient (Wildman–Crippen LogP) is 3.42. The Balaban J connectivity index is 1.64. The second kappa shape index (κ2) is 10.1. The Bertz CT molecular complexity index is 696. The van der Waals surface area contributed by atoms with Crippen LogP contribution in [0.3, 0.4) is 0 Å². The van der Waals surface area contributed by atoms with Crippen LogP contribution in [0.1, 0.15) is 38.7 Å². The molecule has 146 valence electrons. The predicted molar refractivity (Wildman–Crippen MR) is 108 cm³/mol. The standard InChI is InChI=1S/C21H30N4O2/c1-3-14-27-21-17(8-5-10-19(21)26-4-2)15-22-18-9-7-13-25(16-18)20-11-6-12-23-24-20/h5-6,8,10-12,18,22H,3-4,7,9,13-16H2,1-2H3. The highest BCUT2D eigenvalue weighted by atomic mass is 16.5. The third kappa shape index (κ3) is 5.32. The van der Waals surface area contributed by atoms with E-state index in [-0.39, 0.29) is 0 Å². The first-order valence-electron chi connectivity index (χ1n) is 9.95. The summed E-state index contributed by atoms with van der Waals surface area (Å²) in [4.78, 5) is 2.30. The van der Waals surface area contributed by atoms with Gasteiger partial charge in [-0.05, 0) is 44.4 Å². The van der Waals surface area contributed by atoms with Crippen LogP contribution in [0.25, 0.3) is 0 Å². The van der Waals surface area contributed by atoms with Gasteiger partial charge in [0.25, 0.3) is 0 Å². The molecule has 1 aromatic heterocycles. The monoisotopic (exact) mass is 370 g/mol. The van der Waals surface area contributed by atoms with Gasteiger partial charge in [-0.3, -0.25) is 0 Å². The highest BCUT2D eigenvalue weighted by molar-refractivity contribution is 5.46. The van der Waals surface area contributed by atoms with Crippen molar-refractivity contribution in [1.82, 2.24) is 15.5 Å². The van der Waals surface area contributed by atoms with Gasteiger partial charge in [-0.25, -0.2) is 0 Å². The van der Waals surface area contributed by atoms with Gasteiger partial charge < -0.3 is 19.7 Å². The lowest BCUT2D eigenvalue weighted by Crippen LogP contribution is -2.45. The number of benzene rings is 1. The van der Waals surface area contributed by atoms with Crippen molar-refractivity contribution in [3.8, 4) is 11.5 Å². The van der Waals surface area contributed by atoms with E-state index >= 15 is 0 Å². The van der Waals surface area contributed by atoms with Crippen molar-refractivity contribution in [3.63, 3.8) is 0 Å². The van der Waals surface area contributed by atoms with Crippen LogP contribution in [0, 0.1) is 0 Å². The molecule has 0 bridgehead atoms. The normalized spacial score (nSPS) is 17.0. The molecule has 1 aliphatic rings. The van der Waals surface area contributed by atoms with E-state index in [0.717, 1.165) is 61.8 Å². The second-order valence-corrected chi connectivity index (χ2v) is 6.77. The number of hydrogen-bond donors (Lipinski definition) is 1. The molecule has 6 nitrogen and oxygen atoms in total. The quantitative estimate of drug-likeness (QED) is 0.730. The van der Waals surface area contributed by atoms with Gasteiger partial charge in [0.05, 0.1) is 13.2 Å². The van der Waals surface area contributed by atoms with Crippen LogP contribution in [0.2, 0.25) is 0 Å². The van der Waals surface area contributed by atoms with Crippen molar-refractivity contribution >= 4 is 5.82 Å². The first-order valence-corrected chi connectivity index (χ1v) is 9.95. The molecular formula is C21H30N4O2. The fraction of sp³-hybridized carbons (Fsp3) is 0.524. The van der Waals surface area contributed by atoms with Crippen molar-refractivity contribution in [2.75, 3.05) is 31.2 Å². The number of aromatic nitrogens is 2. The summed E-state index contributed by atoms with van der Waals surface area (Å²) in [6.45, 7) is 8.17. The first kappa shape index (κ1) is 19.4. The first-order chi connectivity index (χ1) is 13.3. The fourth-order valence-electron chi connectivity index (χ4n) is 3.41. The zero-order chi connectivity index (χ0) is 18.9. The highest BCUT2D eigenvalue weighted by Gasteiger charge is 2.21. The lowest BCUT2D eigenvalue weighted by Gasteiger charge is -2.34. The van der Waals surface area contributed by atoms with E-state index in [1.54, 1.807) is 6.20 Å². The molecule has 6 heteroatoms. The Morgan fingerprint density at radius 2 is 2.11 bits per heavy atom. The maximum atomic E-state index is 6.01. The number of ether oxygens (including phenoxy) is 2. The van der Waals surface area contributed by atoms with E-state index in [9.17, 15) is 0 Å². The van der Waals surface area contributed by atoms with Crippen LogP contribution in [-0.4, -0.2) is 42.5 Å². The fourth-order valence-corrected chi connectivity index (χ4v) is 3.41. The van der Waals surface area contributed by atoms with Crippen molar-refractivity contribution in [2.45, 2.75) is 45.7 Å². The van der Waals surface area contributed by atoms with Gasteiger partial charge in [-0.1, -0.05) is 19.1 Å². The summed E-state index contributed by atoms with van der Waals surface area (Å²) in [7, 11) is 0. The average Bonchev–Trinajstić information content (AvgIpc) is 2.72. The maximum absolute atomic E-state index is 6.01. The molecule has 1 fully saturated rings. The summed E-state index contributed by atoms with van der Waals surface area (Å²) >= 11 is 0. The summed E-state index contributed by atoms with van der Waals surface area (Å²) in [6, 6.07) is 10.5. The van der Waals surface area contributed by atoms with E-state index in [0.29, 0.717) is 19.3 Å². The van der Waals surface area contributed by atoms with E-state index in [2.05, 4.69) is 33.4 Å².